The molecule has 1 aromatic carbocycles. The molecule has 1 aromatic heterocycles. The number of hydrogen-bond acceptors (Lipinski definition) is 4. The van der Waals surface area contributed by atoms with Crippen LogP contribution in [-0.4, -0.2) is 24.7 Å². The van der Waals surface area contributed by atoms with Gasteiger partial charge in [-0.2, -0.15) is 0 Å². The van der Waals surface area contributed by atoms with Crippen LogP contribution in [0, 0.1) is 5.92 Å². The van der Waals surface area contributed by atoms with E-state index in [1.807, 2.05) is 41.8 Å². The van der Waals surface area contributed by atoms with E-state index in [4.69, 9.17) is 4.74 Å². The summed E-state index contributed by atoms with van der Waals surface area (Å²) in [4.78, 5) is 13.1. The smallest absolute Gasteiger partial charge is 0.224 e. The lowest BCUT2D eigenvalue weighted by atomic mass is 9.95. The Morgan fingerprint density at radius 3 is 2.87 bits per heavy atom. The summed E-state index contributed by atoms with van der Waals surface area (Å²) < 4.78 is 5.17. The van der Waals surface area contributed by atoms with Crippen molar-refractivity contribution in [2.24, 2.45) is 5.92 Å². The molecule has 1 unspecified atom stereocenters. The SMILES string of the molecule is COc1cccc(CC(=O)NCC(O)(c2cccs2)C2CC2)c1. The highest BCUT2D eigenvalue weighted by molar-refractivity contribution is 7.10. The van der Waals surface area contributed by atoms with Crippen LogP contribution < -0.4 is 10.1 Å². The number of aliphatic hydroxyl groups is 1. The first-order chi connectivity index (χ1) is 11.1. The van der Waals surface area contributed by atoms with E-state index < -0.39 is 5.60 Å². The summed E-state index contributed by atoms with van der Waals surface area (Å²) in [6.45, 7) is 0.265. The third-order valence-corrected chi connectivity index (χ3v) is 5.29. The quantitative estimate of drug-likeness (QED) is 0.820. The molecule has 1 heterocycles. The summed E-state index contributed by atoms with van der Waals surface area (Å²) in [5, 5.41) is 15.8. The molecule has 4 nitrogen and oxygen atoms in total. The van der Waals surface area contributed by atoms with Gasteiger partial charge < -0.3 is 15.2 Å². The molecule has 2 N–H and O–H groups in total. The average molecular weight is 331 g/mol. The van der Waals surface area contributed by atoms with Crippen molar-refractivity contribution in [2.75, 3.05) is 13.7 Å². The molecule has 0 saturated heterocycles. The Morgan fingerprint density at radius 2 is 2.22 bits per heavy atom. The molecule has 5 heteroatoms. The van der Waals surface area contributed by atoms with E-state index >= 15 is 0 Å². The van der Waals surface area contributed by atoms with Crippen molar-refractivity contribution in [1.82, 2.24) is 5.32 Å². The highest BCUT2D eigenvalue weighted by Gasteiger charge is 2.45. The number of methoxy groups -OCH3 is 1. The van der Waals surface area contributed by atoms with Crippen LogP contribution in [0.25, 0.3) is 0 Å². The second-order valence-corrected chi connectivity index (χ2v) is 6.93. The minimum absolute atomic E-state index is 0.0890. The Balaban J connectivity index is 1.61. The van der Waals surface area contributed by atoms with Gasteiger partial charge in [-0.05, 0) is 47.9 Å². The topological polar surface area (TPSA) is 58.6 Å². The summed E-state index contributed by atoms with van der Waals surface area (Å²) in [5.41, 5.74) is -0.0361. The molecule has 1 atom stereocenters. The minimum atomic E-state index is -0.932. The molecule has 1 aliphatic rings. The van der Waals surface area contributed by atoms with E-state index in [0.29, 0.717) is 0 Å². The number of nitrogens with one attached hydrogen (secondary N) is 1. The fourth-order valence-corrected chi connectivity index (χ4v) is 3.69. The van der Waals surface area contributed by atoms with Gasteiger partial charge in [0.25, 0.3) is 0 Å². The van der Waals surface area contributed by atoms with Crippen molar-refractivity contribution < 1.29 is 14.6 Å². The van der Waals surface area contributed by atoms with Crippen LogP contribution in [0.1, 0.15) is 23.3 Å². The van der Waals surface area contributed by atoms with Crippen molar-refractivity contribution in [3.8, 4) is 5.75 Å². The van der Waals surface area contributed by atoms with Gasteiger partial charge in [-0.1, -0.05) is 18.2 Å². The number of ether oxygens (including phenoxy) is 1. The number of carbonyl (C=O) groups is 1. The van der Waals surface area contributed by atoms with Crippen LogP contribution >= 0.6 is 11.3 Å². The third-order valence-electron chi connectivity index (χ3n) is 4.25. The molecule has 1 fully saturated rings. The molecule has 1 saturated carbocycles. The first-order valence-electron chi connectivity index (χ1n) is 7.78. The lowest BCUT2D eigenvalue weighted by molar-refractivity contribution is -0.122. The summed E-state index contributed by atoms with van der Waals surface area (Å²) in [6.07, 6.45) is 2.31. The molecule has 0 bridgehead atoms. The van der Waals surface area contributed by atoms with Gasteiger partial charge in [0.1, 0.15) is 11.4 Å². The Bertz CT molecular complexity index is 667. The van der Waals surface area contributed by atoms with Gasteiger partial charge in [0.05, 0.1) is 20.1 Å². The number of carbonyl (C=O) groups excluding carboxylic acids is 1. The summed E-state index contributed by atoms with van der Waals surface area (Å²) >= 11 is 1.54. The van der Waals surface area contributed by atoms with E-state index in [1.165, 1.54) is 0 Å². The van der Waals surface area contributed by atoms with Crippen LogP contribution in [0.2, 0.25) is 0 Å². The highest BCUT2D eigenvalue weighted by Crippen LogP contribution is 2.46. The van der Waals surface area contributed by atoms with Crippen molar-refractivity contribution in [3.05, 3.63) is 52.2 Å². The van der Waals surface area contributed by atoms with Crippen LogP contribution in [0.15, 0.2) is 41.8 Å². The van der Waals surface area contributed by atoms with E-state index in [2.05, 4.69) is 5.32 Å². The molecule has 3 rings (SSSR count). The standard InChI is InChI=1S/C18H21NO3S/c1-22-15-5-2-4-13(10-15)11-17(20)19-12-18(21,14-7-8-14)16-6-3-9-23-16/h2-6,9-10,14,21H,7-8,11-12H2,1H3,(H,19,20). The normalized spacial score (nSPS) is 16.6. The maximum Gasteiger partial charge on any atom is 0.224 e. The molecule has 0 radical (unpaired) electrons. The number of amides is 1. The largest absolute Gasteiger partial charge is 0.497 e. The Labute approximate surface area is 140 Å². The van der Waals surface area contributed by atoms with E-state index in [0.717, 1.165) is 29.0 Å². The molecule has 1 aliphatic carbocycles. The fourth-order valence-electron chi connectivity index (χ4n) is 2.78. The first kappa shape index (κ1) is 16.0. The van der Waals surface area contributed by atoms with Gasteiger partial charge in [0.2, 0.25) is 5.91 Å². The average Bonchev–Trinajstić information content (AvgIpc) is 3.28. The predicted molar refractivity (Wildman–Crippen MR) is 90.6 cm³/mol. The molecule has 0 aliphatic heterocycles. The third kappa shape index (κ3) is 3.74. The lowest BCUT2D eigenvalue weighted by Gasteiger charge is -2.27. The molecule has 0 spiro atoms. The van der Waals surface area contributed by atoms with Crippen LogP contribution in [0.3, 0.4) is 0 Å². The van der Waals surface area contributed by atoms with Gasteiger partial charge in [-0.15, -0.1) is 11.3 Å². The van der Waals surface area contributed by atoms with Crippen molar-refractivity contribution >= 4 is 17.2 Å². The molecular weight excluding hydrogens is 310 g/mol. The number of hydrogen-bond donors (Lipinski definition) is 2. The van der Waals surface area contributed by atoms with Gasteiger partial charge in [0, 0.05) is 4.88 Å². The Kier molecular flexibility index (Phi) is 4.68. The summed E-state index contributed by atoms with van der Waals surface area (Å²) in [5.74, 6) is 0.899. The summed E-state index contributed by atoms with van der Waals surface area (Å²) in [7, 11) is 1.61. The lowest BCUT2D eigenvalue weighted by Crippen LogP contribution is -2.42. The first-order valence-corrected chi connectivity index (χ1v) is 8.66. The number of benzene rings is 1. The number of rotatable bonds is 7. The van der Waals surface area contributed by atoms with Crippen molar-refractivity contribution in [3.63, 3.8) is 0 Å². The minimum Gasteiger partial charge on any atom is -0.497 e. The Morgan fingerprint density at radius 1 is 1.39 bits per heavy atom. The Hall–Kier alpha value is -1.85. The van der Waals surface area contributed by atoms with Gasteiger partial charge in [-0.3, -0.25) is 4.79 Å². The fraction of sp³-hybridized carbons (Fsp3) is 0.389. The predicted octanol–water partition coefficient (Wildman–Crippen LogP) is 2.71. The zero-order valence-electron chi connectivity index (χ0n) is 13.1. The molecule has 2 aromatic rings. The number of thiophene rings is 1. The molecule has 23 heavy (non-hydrogen) atoms. The highest BCUT2D eigenvalue weighted by atomic mass is 32.1. The van der Waals surface area contributed by atoms with Gasteiger partial charge in [0.15, 0.2) is 0 Å². The van der Waals surface area contributed by atoms with Crippen LogP contribution in [0.4, 0.5) is 0 Å². The second-order valence-electron chi connectivity index (χ2n) is 5.98. The van der Waals surface area contributed by atoms with Gasteiger partial charge in [-0.25, -0.2) is 0 Å². The van der Waals surface area contributed by atoms with E-state index in [9.17, 15) is 9.90 Å². The summed E-state index contributed by atoms with van der Waals surface area (Å²) in [6, 6.07) is 11.3. The zero-order chi connectivity index (χ0) is 16.3. The van der Waals surface area contributed by atoms with E-state index in [-0.39, 0.29) is 24.8 Å². The van der Waals surface area contributed by atoms with Crippen molar-refractivity contribution in [2.45, 2.75) is 24.9 Å². The molecule has 122 valence electrons. The molecular formula is C18H21NO3S. The van der Waals surface area contributed by atoms with E-state index in [1.54, 1.807) is 18.4 Å². The monoisotopic (exact) mass is 331 g/mol. The van der Waals surface area contributed by atoms with Crippen LogP contribution in [-0.2, 0) is 16.8 Å². The second kappa shape index (κ2) is 6.72. The van der Waals surface area contributed by atoms with Crippen LogP contribution in [0.5, 0.6) is 5.75 Å². The van der Waals surface area contributed by atoms with Crippen molar-refractivity contribution in [1.29, 1.82) is 0 Å². The van der Waals surface area contributed by atoms with Gasteiger partial charge >= 0.3 is 0 Å². The molecule has 1 amide bonds. The zero-order valence-corrected chi connectivity index (χ0v) is 13.9. The maximum absolute atomic E-state index is 12.2. The maximum atomic E-state index is 12.2.